The van der Waals surface area contributed by atoms with Gasteiger partial charge in [0.2, 0.25) is 0 Å². The monoisotopic (exact) mass is 180 g/mol. The second kappa shape index (κ2) is 4.29. The lowest BCUT2D eigenvalue weighted by Gasteiger charge is -2.31. The standard InChI is InChI=1S/C8H17ClO2/c1-6(4-9)7(11)8(2,3)5-10/h6-7,10-11H,4-5H2,1-3H3. The summed E-state index contributed by atoms with van der Waals surface area (Å²) in [5.74, 6) is 0.448. The summed E-state index contributed by atoms with van der Waals surface area (Å²) in [4.78, 5) is 0. The van der Waals surface area contributed by atoms with Gasteiger partial charge in [0.25, 0.3) is 0 Å². The van der Waals surface area contributed by atoms with Crippen molar-refractivity contribution in [1.82, 2.24) is 0 Å². The minimum Gasteiger partial charge on any atom is -0.396 e. The number of halogens is 1. The molecule has 0 aliphatic heterocycles. The van der Waals surface area contributed by atoms with Crippen LogP contribution < -0.4 is 0 Å². The van der Waals surface area contributed by atoms with Crippen molar-refractivity contribution in [2.75, 3.05) is 12.5 Å². The summed E-state index contributed by atoms with van der Waals surface area (Å²) in [5, 5.41) is 18.5. The Labute approximate surface area is 73.2 Å². The summed E-state index contributed by atoms with van der Waals surface area (Å²) in [6.07, 6.45) is -0.537. The van der Waals surface area contributed by atoms with E-state index in [0.29, 0.717) is 5.88 Å². The van der Waals surface area contributed by atoms with Crippen LogP contribution in [0.1, 0.15) is 20.8 Å². The molecular formula is C8H17ClO2. The third-order valence-corrected chi connectivity index (χ3v) is 2.48. The third-order valence-electron chi connectivity index (χ3n) is 1.99. The number of alkyl halides is 1. The molecule has 2 atom stereocenters. The molecule has 3 heteroatoms. The maximum absolute atomic E-state index is 9.60. The van der Waals surface area contributed by atoms with Crippen molar-refractivity contribution in [3.63, 3.8) is 0 Å². The van der Waals surface area contributed by atoms with Crippen LogP contribution in [0.3, 0.4) is 0 Å². The van der Waals surface area contributed by atoms with Crippen LogP contribution in [0.5, 0.6) is 0 Å². The lowest BCUT2D eigenvalue weighted by molar-refractivity contribution is -0.0195. The van der Waals surface area contributed by atoms with Gasteiger partial charge in [0, 0.05) is 11.3 Å². The summed E-state index contributed by atoms with van der Waals surface area (Å²) in [7, 11) is 0. The van der Waals surface area contributed by atoms with Crippen LogP contribution >= 0.6 is 11.6 Å². The van der Waals surface area contributed by atoms with Crippen LogP contribution in [0.4, 0.5) is 0 Å². The highest BCUT2D eigenvalue weighted by molar-refractivity contribution is 6.18. The minimum atomic E-state index is -0.537. The van der Waals surface area contributed by atoms with E-state index in [0.717, 1.165) is 0 Å². The van der Waals surface area contributed by atoms with Crippen LogP contribution in [-0.2, 0) is 0 Å². The Balaban J connectivity index is 4.10. The first-order valence-corrected chi connectivity index (χ1v) is 4.34. The van der Waals surface area contributed by atoms with E-state index in [2.05, 4.69) is 0 Å². The Hall–Kier alpha value is 0.210. The van der Waals surface area contributed by atoms with E-state index in [4.69, 9.17) is 16.7 Å². The zero-order valence-electron chi connectivity index (χ0n) is 7.34. The second-order valence-electron chi connectivity index (χ2n) is 3.72. The molecule has 2 N–H and O–H groups in total. The van der Waals surface area contributed by atoms with Crippen LogP contribution in [0, 0.1) is 11.3 Å². The van der Waals surface area contributed by atoms with Crippen LogP contribution in [0.25, 0.3) is 0 Å². The minimum absolute atomic E-state index is 0.0185. The van der Waals surface area contributed by atoms with Crippen LogP contribution in [0.15, 0.2) is 0 Å². The van der Waals surface area contributed by atoms with Crippen molar-refractivity contribution < 1.29 is 10.2 Å². The fraction of sp³-hybridized carbons (Fsp3) is 1.00. The molecule has 0 saturated heterocycles. The van der Waals surface area contributed by atoms with Gasteiger partial charge < -0.3 is 10.2 Å². The van der Waals surface area contributed by atoms with Crippen molar-refractivity contribution in [3.05, 3.63) is 0 Å². The number of hydrogen-bond donors (Lipinski definition) is 2. The summed E-state index contributed by atoms with van der Waals surface area (Å²) in [6, 6.07) is 0. The normalized spacial score (nSPS) is 18.0. The van der Waals surface area contributed by atoms with E-state index >= 15 is 0 Å². The Morgan fingerprint density at radius 3 is 2.18 bits per heavy atom. The zero-order chi connectivity index (χ0) is 9.07. The van der Waals surface area contributed by atoms with Crippen LogP contribution in [0.2, 0.25) is 0 Å². The summed E-state index contributed by atoms with van der Waals surface area (Å²) >= 11 is 5.57. The Bertz CT molecular complexity index is 115. The molecule has 0 aromatic rings. The number of hydrogen-bond acceptors (Lipinski definition) is 2. The molecule has 0 radical (unpaired) electrons. The van der Waals surface area contributed by atoms with Gasteiger partial charge in [0.05, 0.1) is 12.7 Å². The average Bonchev–Trinajstić information content (AvgIpc) is 2.01. The lowest BCUT2D eigenvalue weighted by atomic mass is 9.81. The van der Waals surface area contributed by atoms with Crippen molar-refractivity contribution in [3.8, 4) is 0 Å². The molecule has 2 unspecified atom stereocenters. The fourth-order valence-electron chi connectivity index (χ4n) is 0.948. The molecule has 0 saturated carbocycles. The smallest absolute Gasteiger partial charge is 0.0649 e. The van der Waals surface area contributed by atoms with Gasteiger partial charge >= 0.3 is 0 Å². The third kappa shape index (κ3) is 2.97. The van der Waals surface area contributed by atoms with Gasteiger partial charge in [-0.05, 0) is 5.92 Å². The topological polar surface area (TPSA) is 40.5 Å². The predicted octanol–water partition coefficient (Wildman–Crippen LogP) is 1.24. The largest absolute Gasteiger partial charge is 0.396 e. The molecule has 0 heterocycles. The quantitative estimate of drug-likeness (QED) is 0.640. The molecular weight excluding hydrogens is 164 g/mol. The molecule has 0 bridgehead atoms. The summed E-state index contributed by atoms with van der Waals surface area (Å²) < 4.78 is 0. The lowest BCUT2D eigenvalue weighted by Crippen LogP contribution is -2.38. The van der Waals surface area contributed by atoms with Crippen LogP contribution in [-0.4, -0.2) is 28.8 Å². The SMILES string of the molecule is CC(CCl)C(O)C(C)(C)CO. The molecule has 0 aliphatic carbocycles. The summed E-state index contributed by atoms with van der Waals surface area (Å²) in [6.45, 7) is 5.49. The number of aliphatic hydroxyl groups excluding tert-OH is 2. The molecule has 0 rings (SSSR count). The molecule has 11 heavy (non-hydrogen) atoms. The van der Waals surface area contributed by atoms with Crippen molar-refractivity contribution >= 4 is 11.6 Å². The van der Waals surface area contributed by atoms with Crippen molar-refractivity contribution in [2.45, 2.75) is 26.9 Å². The maximum Gasteiger partial charge on any atom is 0.0649 e. The predicted molar refractivity (Wildman–Crippen MR) is 46.8 cm³/mol. The van der Waals surface area contributed by atoms with E-state index in [1.807, 2.05) is 20.8 Å². The molecule has 0 amide bonds. The Morgan fingerprint density at radius 2 is 1.91 bits per heavy atom. The molecule has 68 valence electrons. The molecule has 0 aromatic carbocycles. The molecule has 0 aliphatic rings. The van der Waals surface area contributed by atoms with Gasteiger partial charge in [0.1, 0.15) is 0 Å². The molecule has 0 aromatic heterocycles. The van der Waals surface area contributed by atoms with Gasteiger partial charge in [-0.3, -0.25) is 0 Å². The Morgan fingerprint density at radius 1 is 1.45 bits per heavy atom. The van der Waals surface area contributed by atoms with Crippen molar-refractivity contribution in [1.29, 1.82) is 0 Å². The second-order valence-corrected chi connectivity index (χ2v) is 4.03. The van der Waals surface area contributed by atoms with Gasteiger partial charge in [-0.2, -0.15) is 0 Å². The van der Waals surface area contributed by atoms with E-state index in [1.165, 1.54) is 0 Å². The molecule has 2 nitrogen and oxygen atoms in total. The zero-order valence-corrected chi connectivity index (χ0v) is 8.10. The number of aliphatic hydroxyl groups is 2. The van der Waals surface area contributed by atoms with Gasteiger partial charge in [-0.15, -0.1) is 11.6 Å². The first kappa shape index (κ1) is 11.2. The summed E-state index contributed by atoms with van der Waals surface area (Å²) in [5.41, 5.74) is -0.450. The highest BCUT2D eigenvalue weighted by atomic mass is 35.5. The highest BCUT2D eigenvalue weighted by Crippen LogP contribution is 2.25. The van der Waals surface area contributed by atoms with Gasteiger partial charge in [0.15, 0.2) is 0 Å². The fourth-order valence-corrected chi connectivity index (χ4v) is 1.12. The highest BCUT2D eigenvalue weighted by Gasteiger charge is 2.30. The van der Waals surface area contributed by atoms with E-state index in [9.17, 15) is 5.11 Å². The van der Waals surface area contributed by atoms with Gasteiger partial charge in [-0.25, -0.2) is 0 Å². The molecule has 0 fully saturated rings. The van der Waals surface area contributed by atoms with E-state index in [-0.39, 0.29) is 12.5 Å². The Kier molecular flexibility index (Phi) is 4.37. The first-order valence-electron chi connectivity index (χ1n) is 3.80. The average molecular weight is 181 g/mol. The maximum atomic E-state index is 9.60. The van der Waals surface area contributed by atoms with E-state index < -0.39 is 11.5 Å². The van der Waals surface area contributed by atoms with Gasteiger partial charge in [-0.1, -0.05) is 20.8 Å². The van der Waals surface area contributed by atoms with E-state index in [1.54, 1.807) is 0 Å². The first-order chi connectivity index (χ1) is 4.95. The molecule has 0 spiro atoms. The van der Waals surface area contributed by atoms with Crippen molar-refractivity contribution in [2.24, 2.45) is 11.3 Å². The number of rotatable bonds is 4.